The monoisotopic (exact) mass is 463 g/mol. The average Bonchev–Trinajstić information content (AvgIpc) is 3.23. The number of para-hydroxylation sites is 1. The largest absolute Gasteiger partial charge is 0.494 e. The number of rotatable bonds is 9. The van der Waals surface area contributed by atoms with Crippen molar-refractivity contribution < 1.29 is 17.9 Å². The molecule has 1 amide bonds. The quantitative estimate of drug-likeness (QED) is 0.344. The number of benzene rings is 3. The van der Waals surface area contributed by atoms with Crippen molar-refractivity contribution >= 4 is 32.5 Å². The molecule has 4 aromatic rings. The third-order valence-electron chi connectivity index (χ3n) is 5.18. The third kappa shape index (κ3) is 5.35. The number of hydrogen-bond acceptors (Lipinski definition) is 4. The molecule has 0 atom stereocenters. The fourth-order valence-electron chi connectivity index (χ4n) is 3.57. The summed E-state index contributed by atoms with van der Waals surface area (Å²) in [5.74, 6) is 0.333. The lowest BCUT2D eigenvalue weighted by Crippen LogP contribution is -2.25. The molecule has 0 aliphatic heterocycles. The van der Waals surface area contributed by atoms with Gasteiger partial charge >= 0.3 is 0 Å². The van der Waals surface area contributed by atoms with E-state index in [4.69, 9.17) is 4.74 Å². The highest BCUT2D eigenvalue weighted by Crippen LogP contribution is 2.21. The van der Waals surface area contributed by atoms with E-state index >= 15 is 0 Å². The summed E-state index contributed by atoms with van der Waals surface area (Å²) >= 11 is 0. The Morgan fingerprint density at radius 1 is 1.00 bits per heavy atom. The molecule has 0 unspecified atom stereocenters. The molecule has 0 spiro atoms. The van der Waals surface area contributed by atoms with Crippen molar-refractivity contribution in [2.75, 3.05) is 17.9 Å². The minimum Gasteiger partial charge on any atom is -0.494 e. The highest BCUT2D eigenvalue weighted by Gasteiger charge is 2.15. The van der Waals surface area contributed by atoms with Gasteiger partial charge in [-0.25, -0.2) is 8.42 Å². The molecule has 0 aliphatic carbocycles. The Kier molecular flexibility index (Phi) is 6.65. The lowest BCUT2D eigenvalue weighted by Gasteiger charge is -2.11. The summed E-state index contributed by atoms with van der Waals surface area (Å²) in [6.45, 7) is 2.82. The van der Waals surface area contributed by atoms with Crippen LogP contribution in [-0.4, -0.2) is 32.5 Å². The van der Waals surface area contributed by atoms with E-state index in [-0.39, 0.29) is 10.8 Å². The van der Waals surface area contributed by atoms with Crippen LogP contribution in [0.1, 0.15) is 22.8 Å². The fourth-order valence-corrected chi connectivity index (χ4v) is 4.62. The van der Waals surface area contributed by atoms with Gasteiger partial charge in [0, 0.05) is 34.9 Å². The van der Waals surface area contributed by atoms with E-state index in [1.54, 1.807) is 30.3 Å². The van der Waals surface area contributed by atoms with Crippen LogP contribution in [0, 0.1) is 0 Å². The standard InChI is InChI=1S/C25H25N3O4S/c1-2-32-21-10-12-22(13-11-21)33(30,31)28-20-7-5-6-18(16-20)25(29)26-15-14-19-17-27-24-9-4-3-8-23(19)24/h3-13,16-17,27-28H,2,14-15H2,1H3,(H,26,29). The molecule has 170 valence electrons. The number of carbonyl (C=O) groups excluding carboxylic acids is 1. The zero-order valence-electron chi connectivity index (χ0n) is 18.2. The van der Waals surface area contributed by atoms with Crippen molar-refractivity contribution in [3.05, 3.63) is 90.1 Å². The number of carbonyl (C=O) groups is 1. The van der Waals surface area contributed by atoms with E-state index in [1.165, 1.54) is 18.2 Å². The Hall–Kier alpha value is -3.78. The maximum atomic E-state index is 12.7. The van der Waals surface area contributed by atoms with Gasteiger partial charge in [-0.2, -0.15) is 0 Å². The molecule has 33 heavy (non-hydrogen) atoms. The number of nitrogens with one attached hydrogen (secondary N) is 3. The van der Waals surface area contributed by atoms with Gasteiger partial charge in [-0.3, -0.25) is 9.52 Å². The van der Waals surface area contributed by atoms with E-state index in [2.05, 4.69) is 15.0 Å². The maximum Gasteiger partial charge on any atom is 0.261 e. The predicted octanol–water partition coefficient (Wildman–Crippen LogP) is 4.34. The molecule has 7 nitrogen and oxygen atoms in total. The zero-order valence-corrected chi connectivity index (χ0v) is 19.0. The van der Waals surface area contributed by atoms with Crippen molar-refractivity contribution in [2.45, 2.75) is 18.2 Å². The second kappa shape index (κ2) is 9.79. The summed E-state index contributed by atoms with van der Waals surface area (Å²) in [5, 5.41) is 4.03. The second-order valence-corrected chi connectivity index (χ2v) is 9.14. The highest BCUT2D eigenvalue weighted by atomic mass is 32.2. The van der Waals surface area contributed by atoms with Crippen molar-refractivity contribution in [3.8, 4) is 5.75 Å². The molecule has 8 heteroatoms. The van der Waals surface area contributed by atoms with Crippen LogP contribution in [0.5, 0.6) is 5.75 Å². The van der Waals surface area contributed by atoms with Gasteiger partial charge < -0.3 is 15.0 Å². The van der Waals surface area contributed by atoms with Crippen LogP contribution in [0.15, 0.2) is 83.9 Å². The molecule has 3 N–H and O–H groups in total. The first-order valence-corrected chi connectivity index (χ1v) is 12.1. The summed E-state index contributed by atoms with van der Waals surface area (Å²) in [5.41, 5.74) is 2.88. The molecule has 0 radical (unpaired) electrons. The van der Waals surface area contributed by atoms with E-state index in [9.17, 15) is 13.2 Å². The van der Waals surface area contributed by atoms with Gasteiger partial charge in [0.2, 0.25) is 0 Å². The normalized spacial score (nSPS) is 11.3. The van der Waals surface area contributed by atoms with Gasteiger partial charge in [0.1, 0.15) is 5.75 Å². The maximum absolute atomic E-state index is 12.7. The number of anilines is 1. The van der Waals surface area contributed by atoms with Crippen LogP contribution in [-0.2, 0) is 16.4 Å². The first-order valence-electron chi connectivity index (χ1n) is 10.7. The average molecular weight is 464 g/mol. The molecule has 0 fully saturated rings. The summed E-state index contributed by atoms with van der Waals surface area (Å²) in [6.07, 6.45) is 2.63. The third-order valence-corrected chi connectivity index (χ3v) is 6.57. The lowest BCUT2D eigenvalue weighted by molar-refractivity contribution is 0.0954. The van der Waals surface area contributed by atoms with Crippen LogP contribution >= 0.6 is 0 Å². The zero-order chi connectivity index (χ0) is 23.3. The lowest BCUT2D eigenvalue weighted by atomic mass is 10.1. The molecule has 3 aromatic carbocycles. The Morgan fingerprint density at radius 2 is 1.79 bits per heavy atom. The number of hydrogen-bond donors (Lipinski definition) is 3. The van der Waals surface area contributed by atoms with Crippen LogP contribution in [0.3, 0.4) is 0 Å². The number of aromatic nitrogens is 1. The Labute approximate surface area is 192 Å². The van der Waals surface area contributed by atoms with Gasteiger partial charge in [0.25, 0.3) is 15.9 Å². The van der Waals surface area contributed by atoms with Gasteiger partial charge in [-0.15, -0.1) is 0 Å². The number of amides is 1. The van der Waals surface area contributed by atoms with Crippen LogP contribution in [0.25, 0.3) is 10.9 Å². The van der Waals surface area contributed by atoms with Crippen LogP contribution in [0.2, 0.25) is 0 Å². The van der Waals surface area contributed by atoms with E-state index in [0.29, 0.717) is 36.6 Å². The van der Waals surface area contributed by atoms with Crippen molar-refractivity contribution in [3.63, 3.8) is 0 Å². The summed E-state index contributed by atoms with van der Waals surface area (Å²) in [6, 6.07) is 20.6. The van der Waals surface area contributed by atoms with E-state index in [1.807, 2.05) is 37.4 Å². The van der Waals surface area contributed by atoms with Gasteiger partial charge in [0.05, 0.1) is 11.5 Å². The number of H-pyrrole nitrogens is 1. The summed E-state index contributed by atoms with van der Waals surface area (Å²) in [7, 11) is -3.80. The van der Waals surface area contributed by atoms with Gasteiger partial charge in [-0.1, -0.05) is 24.3 Å². The molecule has 1 aromatic heterocycles. The van der Waals surface area contributed by atoms with Crippen LogP contribution < -0.4 is 14.8 Å². The SMILES string of the molecule is CCOc1ccc(S(=O)(=O)Nc2cccc(C(=O)NCCc3c[nH]c4ccccc34)c2)cc1. The summed E-state index contributed by atoms with van der Waals surface area (Å²) in [4.78, 5) is 15.9. The highest BCUT2D eigenvalue weighted by molar-refractivity contribution is 7.92. The second-order valence-electron chi connectivity index (χ2n) is 7.46. The Morgan fingerprint density at radius 3 is 2.58 bits per heavy atom. The molecule has 0 saturated carbocycles. The first-order chi connectivity index (χ1) is 16.0. The van der Waals surface area contributed by atoms with E-state index < -0.39 is 10.0 Å². The van der Waals surface area contributed by atoms with E-state index in [0.717, 1.165) is 16.5 Å². The Balaban J connectivity index is 1.38. The molecule has 1 heterocycles. The predicted molar refractivity (Wildman–Crippen MR) is 129 cm³/mol. The van der Waals surface area contributed by atoms with Crippen molar-refractivity contribution in [2.24, 2.45) is 0 Å². The first kappa shape index (κ1) is 22.4. The molecule has 4 rings (SSSR count). The molecule has 0 aliphatic rings. The number of ether oxygens (including phenoxy) is 1. The number of aromatic amines is 1. The summed E-state index contributed by atoms with van der Waals surface area (Å²) < 4.78 is 33.3. The topological polar surface area (TPSA) is 100 Å². The molecule has 0 saturated heterocycles. The molecular weight excluding hydrogens is 438 g/mol. The van der Waals surface area contributed by atoms with Crippen molar-refractivity contribution in [1.82, 2.24) is 10.3 Å². The minimum absolute atomic E-state index is 0.111. The fraction of sp³-hybridized carbons (Fsp3) is 0.160. The molecule has 0 bridgehead atoms. The van der Waals surface area contributed by atoms with Crippen LogP contribution in [0.4, 0.5) is 5.69 Å². The number of sulfonamides is 1. The minimum atomic E-state index is -3.80. The van der Waals surface area contributed by atoms with Crippen molar-refractivity contribution in [1.29, 1.82) is 0 Å². The van der Waals surface area contributed by atoms with Gasteiger partial charge in [0.15, 0.2) is 0 Å². The smallest absolute Gasteiger partial charge is 0.261 e. The molecular formula is C25H25N3O4S. The Bertz CT molecular complexity index is 1360. The number of fused-ring (bicyclic) bond motifs is 1. The van der Waals surface area contributed by atoms with Gasteiger partial charge in [-0.05, 0) is 67.4 Å².